The van der Waals surface area contributed by atoms with Gasteiger partial charge in [-0.25, -0.2) is 0 Å². The minimum absolute atomic E-state index is 0.114. The fourth-order valence-corrected chi connectivity index (χ4v) is 2.28. The van der Waals surface area contributed by atoms with Crippen LogP contribution in [0.4, 0.5) is 5.69 Å². The Morgan fingerprint density at radius 3 is 2.84 bits per heavy atom. The number of hydrogen-bond donors (Lipinski definition) is 2. The Balaban J connectivity index is 2.17. The smallest absolute Gasteiger partial charge is 0.254 e. The van der Waals surface area contributed by atoms with Crippen LogP contribution in [0.5, 0.6) is 5.75 Å². The summed E-state index contributed by atoms with van der Waals surface area (Å²) in [6.45, 7) is 3.03. The van der Waals surface area contributed by atoms with E-state index in [9.17, 15) is 9.90 Å². The Morgan fingerprint density at radius 1 is 1.47 bits per heavy atom. The van der Waals surface area contributed by atoms with Gasteiger partial charge in [0.2, 0.25) is 0 Å². The zero-order valence-corrected chi connectivity index (χ0v) is 11.3. The van der Waals surface area contributed by atoms with Crippen LogP contribution in [0.2, 0.25) is 0 Å². The molecular formula is C14H20N2O3. The molecule has 1 aromatic carbocycles. The van der Waals surface area contributed by atoms with Crippen molar-refractivity contribution in [2.24, 2.45) is 5.92 Å². The Labute approximate surface area is 113 Å². The molecule has 0 spiro atoms. The Morgan fingerprint density at radius 2 is 2.21 bits per heavy atom. The fourth-order valence-electron chi connectivity index (χ4n) is 2.28. The number of aliphatic hydroxyl groups is 1. The lowest BCUT2D eigenvalue weighted by molar-refractivity contribution is 0.0248. The molecule has 2 unspecified atom stereocenters. The molecule has 0 aromatic heterocycles. The number of β-amino-alcohol motifs (C(OH)–C–C–N with tert-alkyl or cyclic N) is 1. The van der Waals surface area contributed by atoms with Gasteiger partial charge in [-0.2, -0.15) is 0 Å². The van der Waals surface area contributed by atoms with E-state index in [0.29, 0.717) is 30.1 Å². The summed E-state index contributed by atoms with van der Waals surface area (Å²) in [5, 5.41) is 9.86. The number of likely N-dealkylation sites (tertiary alicyclic amines) is 1. The van der Waals surface area contributed by atoms with Crippen molar-refractivity contribution in [1.82, 2.24) is 4.90 Å². The van der Waals surface area contributed by atoms with E-state index in [-0.39, 0.29) is 11.8 Å². The maximum Gasteiger partial charge on any atom is 0.254 e. The molecule has 1 amide bonds. The quantitative estimate of drug-likeness (QED) is 0.785. The van der Waals surface area contributed by atoms with Crippen molar-refractivity contribution in [2.75, 3.05) is 25.9 Å². The normalized spacial score (nSPS) is 23.2. The van der Waals surface area contributed by atoms with E-state index < -0.39 is 6.10 Å². The van der Waals surface area contributed by atoms with Crippen molar-refractivity contribution in [3.8, 4) is 5.75 Å². The lowest BCUT2D eigenvalue weighted by Gasteiger charge is -2.34. The van der Waals surface area contributed by atoms with Gasteiger partial charge >= 0.3 is 0 Å². The van der Waals surface area contributed by atoms with Crippen molar-refractivity contribution < 1.29 is 14.6 Å². The number of hydrogen-bond acceptors (Lipinski definition) is 4. The lowest BCUT2D eigenvalue weighted by Crippen LogP contribution is -2.45. The van der Waals surface area contributed by atoms with Gasteiger partial charge in [0.1, 0.15) is 5.75 Å². The molecule has 3 N–H and O–H groups in total. The predicted octanol–water partition coefficient (Wildman–Crippen LogP) is 1.12. The van der Waals surface area contributed by atoms with Gasteiger partial charge in [-0.15, -0.1) is 0 Å². The highest BCUT2D eigenvalue weighted by molar-refractivity contribution is 5.95. The first-order valence-electron chi connectivity index (χ1n) is 6.43. The summed E-state index contributed by atoms with van der Waals surface area (Å²) in [4.78, 5) is 14.0. The van der Waals surface area contributed by atoms with E-state index in [4.69, 9.17) is 10.5 Å². The van der Waals surface area contributed by atoms with Crippen LogP contribution in [0.3, 0.4) is 0 Å². The number of nitrogens with two attached hydrogens (primary N) is 1. The highest BCUT2D eigenvalue weighted by atomic mass is 16.5. The third-order valence-electron chi connectivity index (χ3n) is 3.62. The average molecular weight is 264 g/mol. The SMILES string of the molecule is COc1cc(N)cc(C(=O)N2CCC(C)C(O)C2)c1. The molecule has 1 aromatic rings. The van der Waals surface area contributed by atoms with Gasteiger partial charge in [0.15, 0.2) is 0 Å². The summed E-state index contributed by atoms with van der Waals surface area (Å²) in [6.07, 6.45) is 0.354. The summed E-state index contributed by atoms with van der Waals surface area (Å²) in [5.41, 5.74) is 6.74. The number of carbonyl (C=O) groups is 1. The Hall–Kier alpha value is -1.75. The van der Waals surface area contributed by atoms with E-state index in [0.717, 1.165) is 6.42 Å². The number of anilines is 1. The molecule has 19 heavy (non-hydrogen) atoms. The number of nitrogen functional groups attached to an aromatic ring is 1. The summed E-state index contributed by atoms with van der Waals surface area (Å²) < 4.78 is 5.11. The molecule has 2 rings (SSSR count). The van der Waals surface area contributed by atoms with Crippen LogP contribution in [0.15, 0.2) is 18.2 Å². The molecule has 1 aliphatic rings. The molecule has 0 radical (unpaired) electrons. The minimum Gasteiger partial charge on any atom is -0.497 e. The van der Waals surface area contributed by atoms with Gasteiger partial charge in [0.25, 0.3) is 5.91 Å². The zero-order chi connectivity index (χ0) is 14.0. The number of rotatable bonds is 2. The number of methoxy groups -OCH3 is 1. The largest absolute Gasteiger partial charge is 0.497 e. The number of piperidine rings is 1. The molecule has 0 bridgehead atoms. The first kappa shape index (κ1) is 13.7. The summed E-state index contributed by atoms with van der Waals surface area (Å²) >= 11 is 0. The van der Waals surface area contributed by atoms with Crippen LogP contribution in [-0.2, 0) is 0 Å². The summed E-state index contributed by atoms with van der Waals surface area (Å²) in [5.74, 6) is 0.685. The van der Waals surface area contributed by atoms with Gasteiger partial charge < -0.3 is 20.5 Å². The topological polar surface area (TPSA) is 75.8 Å². The maximum atomic E-state index is 12.4. The van der Waals surface area contributed by atoms with Crippen LogP contribution in [-0.4, -0.2) is 42.2 Å². The van der Waals surface area contributed by atoms with Crippen LogP contribution in [0, 0.1) is 5.92 Å². The van der Waals surface area contributed by atoms with E-state index in [1.807, 2.05) is 6.92 Å². The molecule has 1 aliphatic heterocycles. The third-order valence-corrected chi connectivity index (χ3v) is 3.62. The predicted molar refractivity (Wildman–Crippen MR) is 73.1 cm³/mol. The third kappa shape index (κ3) is 2.98. The van der Waals surface area contributed by atoms with E-state index in [2.05, 4.69) is 0 Å². The lowest BCUT2D eigenvalue weighted by atomic mass is 9.95. The van der Waals surface area contributed by atoms with Gasteiger partial charge in [-0.05, 0) is 24.5 Å². The Kier molecular flexibility index (Phi) is 3.95. The van der Waals surface area contributed by atoms with Crippen molar-refractivity contribution >= 4 is 11.6 Å². The first-order chi connectivity index (χ1) is 9.01. The highest BCUT2D eigenvalue weighted by Crippen LogP contribution is 2.23. The molecule has 104 valence electrons. The molecule has 0 saturated carbocycles. The number of carbonyl (C=O) groups excluding carboxylic acids is 1. The highest BCUT2D eigenvalue weighted by Gasteiger charge is 2.28. The number of nitrogens with zero attached hydrogens (tertiary/aromatic N) is 1. The van der Waals surface area contributed by atoms with Crippen molar-refractivity contribution in [2.45, 2.75) is 19.4 Å². The van der Waals surface area contributed by atoms with E-state index in [1.165, 1.54) is 7.11 Å². The van der Waals surface area contributed by atoms with Crippen LogP contribution in [0.1, 0.15) is 23.7 Å². The monoisotopic (exact) mass is 264 g/mol. The second-order valence-corrected chi connectivity index (χ2v) is 5.08. The number of benzene rings is 1. The molecule has 0 aliphatic carbocycles. The molecule has 5 heteroatoms. The van der Waals surface area contributed by atoms with Crippen molar-refractivity contribution in [1.29, 1.82) is 0 Å². The molecule has 2 atom stereocenters. The van der Waals surface area contributed by atoms with Crippen LogP contribution < -0.4 is 10.5 Å². The minimum atomic E-state index is -0.458. The summed E-state index contributed by atoms with van der Waals surface area (Å²) in [6, 6.07) is 4.97. The number of aliphatic hydroxyl groups excluding tert-OH is 1. The standard InChI is InChI=1S/C14H20N2O3/c1-9-3-4-16(8-13(9)17)14(18)10-5-11(15)7-12(6-10)19-2/h5-7,9,13,17H,3-4,8,15H2,1-2H3. The van der Waals surface area contributed by atoms with Crippen LogP contribution >= 0.6 is 0 Å². The van der Waals surface area contributed by atoms with Crippen molar-refractivity contribution in [3.05, 3.63) is 23.8 Å². The fraction of sp³-hybridized carbons (Fsp3) is 0.500. The zero-order valence-electron chi connectivity index (χ0n) is 11.3. The molecule has 5 nitrogen and oxygen atoms in total. The van der Waals surface area contributed by atoms with Gasteiger partial charge in [-0.3, -0.25) is 4.79 Å². The maximum absolute atomic E-state index is 12.4. The van der Waals surface area contributed by atoms with Crippen LogP contribution in [0.25, 0.3) is 0 Å². The molecular weight excluding hydrogens is 244 g/mol. The van der Waals surface area contributed by atoms with E-state index in [1.54, 1.807) is 23.1 Å². The molecule has 1 heterocycles. The van der Waals surface area contributed by atoms with E-state index >= 15 is 0 Å². The second-order valence-electron chi connectivity index (χ2n) is 5.08. The van der Waals surface area contributed by atoms with Crippen molar-refractivity contribution in [3.63, 3.8) is 0 Å². The number of amides is 1. The molecule has 1 fully saturated rings. The second kappa shape index (κ2) is 5.48. The average Bonchev–Trinajstić information content (AvgIpc) is 2.40. The van der Waals surface area contributed by atoms with Gasteiger partial charge in [0.05, 0.1) is 13.2 Å². The van der Waals surface area contributed by atoms with Gasteiger partial charge in [0, 0.05) is 30.4 Å². The first-order valence-corrected chi connectivity index (χ1v) is 6.43. The summed E-state index contributed by atoms with van der Waals surface area (Å²) in [7, 11) is 1.54. The molecule has 1 saturated heterocycles. The number of ether oxygens (including phenoxy) is 1. The Bertz CT molecular complexity index is 476. The van der Waals surface area contributed by atoms with Gasteiger partial charge in [-0.1, -0.05) is 6.92 Å².